The lowest BCUT2D eigenvalue weighted by atomic mass is 10.1. The van der Waals surface area contributed by atoms with Crippen LogP contribution in [0.15, 0.2) is 0 Å². The molecule has 0 aromatic heterocycles. The smallest absolute Gasteiger partial charge is 0.0451 e. The monoisotopic (exact) mass is 200 g/mol. The van der Waals surface area contributed by atoms with Gasteiger partial charge in [0.05, 0.1) is 0 Å². The summed E-state index contributed by atoms with van der Waals surface area (Å²) in [6, 6.07) is 0. The van der Waals surface area contributed by atoms with E-state index in [1.807, 2.05) is 7.05 Å². The molecule has 0 bridgehead atoms. The summed E-state index contributed by atoms with van der Waals surface area (Å²) < 4.78 is 0. The molecule has 0 aliphatic rings. The first-order chi connectivity index (χ1) is 6.91. The van der Waals surface area contributed by atoms with Crippen molar-refractivity contribution in [3.63, 3.8) is 0 Å². The Balaban J connectivity index is 2.78. The molecule has 0 saturated heterocycles. The Morgan fingerprint density at radius 2 is 1.36 bits per heavy atom. The van der Waals surface area contributed by atoms with Crippen LogP contribution in [0.2, 0.25) is 0 Å². The van der Waals surface area contributed by atoms with Crippen molar-refractivity contribution in [2.75, 3.05) is 20.3 Å². The number of rotatable bonds is 11. The SMILES string of the molecule is CCCCCCCCCCNCNC. The lowest BCUT2D eigenvalue weighted by Crippen LogP contribution is -2.26. The van der Waals surface area contributed by atoms with Crippen molar-refractivity contribution in [3.8, 4) is 0 Å². The van der Waals surface area contributed by atoms with Crippen molar-refractivity contribution >= 4 is 0 Å². The van der Waals surface area contributed by atoms with Gasteiger partial charge in [-0.15, -0.1) is 0 Å². The van der Waals surface area contributed by atoms with E-state index >= 15 is 0 Å². The van der Waals surface area contributed by atoms with E-state index in [9.17, 15) is 0 Å². The molecule has 14 heavy (non-hydrogen) atoms. The normalized spacial score (nSPS) is 10.7. The van der Waals surface area contributed by atoms with Gasteiger partial charge in [0.15, 0.2) is 0 Å². The van der Waals surface area contributed by atoms with Crippen molar-refractivity contribution in [1.82, 2.24) is 10.6 Å². The Labute approximate surface area is 89.9 Å². The summed E-state index contributed by atoms with van der Waals surface area (Å²) in [5.41, 5.74) is 0. The average molecular weight is 200 g/mol. The topological polar surface area (TPSA) is 24.1 Å². The fraction of sp³-hybridized carbons (Fsp3) is 1.00. The third-order valence-electron chi connectivity index (χ3n) is 2.51. The molecule has 0 amide bonds. The van der Waals surface area contributed by atoms with Gasteiger partial charge in [-0.3, -0.25) is 0 Å². The second-order valence-corrected chi connectivity index (χ2v) is 4.01. The first-order valence-electron chi connectivity index (χ1n) is 6.27. The van der Waals surface area contributed by atoms with Gasteiger partial charge in [0.1, 0.15) is 0 Å². The molecule has 0 spiro atoms. The van der Waals surface area contributed by atoms with E-state index in [1.165, 1.54) is 51.4 Å². The minimum absolute atomic E-state index is 0.941. The predicted octanol–water partition coefficient (Wildman–Crippen LogP) is 2.89. The summed E-state index contributed by atoms with van der Waals surface area (Å²) in [5.74, 6) is 0. The van der Waals surface area contributed by atoms with Gasteiger partial charge in [-0.25, -0.2) is 0 Å². The summed E-state index contributed by atoms with van der Waals surface area (Å²) in [6.07, 6.45) is 11.2. The van der Waals surface area contributed by atoms with Crippen LogP contribution in [-0.2, 0) is 0 Å². The Hall–Kier alpha value is -0.0800. The zero-order chi connectivity index (χ0) is 10.5. The van der Waals surface area contributed by atoms with E-state index in [0.717, 1.165) is 13.2 Å². The van der Waals surface area contributed by atoms with Gasteiger partial charge < -0.3 is 10.6 Å². The minimum atomic E-state index is 0.941. The highest BCUT2D eigenvalue weighted by molar-refractivity contribution is 4.48. The Morgan fingerprint density at radius 3 is 1.93 bits per heavy atom. The van der Waals surface area contributed by atoms with Crippen molar-refractivity contribution in [2.45, 2.75) is 58.3 Å². The lowest BCUT2D eigenvalue weighted by molar-refractivity contribution is 0.546. The summed E-state index contributed by atoms with van der Waals surface area (Å²) in [4.78, 5) is 0. The molecule has 86 valence electrons. The number of hydrogen-bond donors (Lipinski definition) is 2. The fourth-order valence-corrected chi connectivity index (χ4v) is 1.60. The summed E-state index contributed by atoms with van der Waals surface area (Å²) in [6.45, 7) is 4.37. The van der Waals surface area contributed by atoms with E-state index in [2.05, 4.69) is 17.6 Å². The third-order valence-corrected chi connectivity index (χ3v) is 2.51. The zero-order valence-electron chi connectivity index (χ0n) is 10.1. The Morgan fingerprint density at radius 1 is 0.786 bits per heavy atom. The highest BCUT2D eigenvalue weighted by atomic mass is 15.0. The molecule has 0 aliphatic heterocycles. The quantitative estimate of drug-likeness (QED) is 0.396. The third kappa shape index (κ3) is 11.9. The number of hydrogen-bond acceptors (Lipinski definition) is 2. The molecular weight excluding hydrogens is 172 g/mol. The zero-order valence-corrected chi connectivity index (χ0v) is 10.1. The molecular formula is C12H28N2. The van der Waals surface area contributed by atoms with Crippen LogP contribution >= 0.6 is 0 Å². The Bertz CT molecular complexity index is 82.3. The molecule has 2 N–H and O–H groups in total. The van der Waals surface area contributed by atoms with Gasteiger partial charge in [-0.1, -0.05) is 51.9 Å². The highest BCUT2D eigenvalue weighted by Gasteiger charge is 1.90. The second kappa shape index (κ2) is 12.9. The van der Waals surface area contributed by atoms with E-state index in [0.29, 0.717) is 0 Å². The Kier molecular flexibility index (Phi) is 12.8. The van der Waals surface area contributed by atoms with Gasteiger partial charge in [0, 0.05) is 6.67 Å². The van der Waals surface area contributed by atoms with E-state index in [4.69, 9.17) is 0 Å². The molecule has 0 saturated carbocycles. The largest absolute Gasteiger partial charge is 0.308 e. The van der Waals surface area contributed by atoms with Crippen molar-refractivity contribution in [1.29, 1.82) is 0 Å². The second-order valence-electron chi connectivity index (χ2n) is 4.01. The molecule has 0 fully saturated rings. The van der Waals surface area contributed by atoms with E-state index < -0.39 is 0 Å². The molecule has 0 atom stereocenters. The van der Waals surface area contributed by atoms with Crippen molar-refractivity contribution in [3.05, 3.63) is 0 Å². The molecule has 0 aromatic carbocycles. The lowest BCUT2D eigenvalue weighted by Gasteiger charge is -2.03. The summed E-state index contributed by atoms with van der Waals surface area (Å²) >= 11 is 0. The van der Waals surface area contributed by atoms with Crippen LogP contribution in [0.1, 0.15) is 58.3 Å². The molecule has 0 heterocycles. The van der Waals surface area contributed by atoms with Crippen LogP contribution < -0.4 is 10.6 Å². The van der Waals surface area contributed by atoms with Crippen LogP contribution in [0.3, 0.4) is 0 Å². The van der Waals surface area contributed by atoms with Crippen molar-refractivity contribution in [2.24, 2.45) is 0 Å². The van der Waals surface area contributed by atoms with Crippen LogP contribution in [-0.4, -0.2) is 20.3 Å². The standard InChI is InChI=1S/C12H28N2/c1-3-4-5-6-7-8-9-10-11-14-12-13-2/h13-14H,3-12H2,1-2H3. The van der Waals surface area contributed by atoms with E-state index in [-0.39, 0.29) is 0 Å². The first kappa shape index (κ1) is 13.9. The van der Waals surface area contributed by atoms with Crippen molar-refractivity contribution < 1.29 is 0 Å². The number of nitrogens with one attached hydrogen (secondary N) is 2. The maximum atomic E-state index is 3.34. The highest BCUT2D eigenvalue weighted by Crippen LogP contribution is 2.07. The van der Waals surface area contributed by atoms with Gasteiger partial charge >= 0.3 is 0 Å². The fourth-order valence-electron chi connectivity index (χ4n) is 1.60. The molecule has 2 nitrogen and oxygen atoms in total. The number of unbranched alkanes of at least 4 members (excludes halogenated alkanes) is 7. The van der Waals surface area contributed by atoms with Crippen LogP contribution in [0.5, 0.6) is 0 Å². The first-order valence-corrected chi connectivity index (χ1v) is 6.27. The molecule has 0 rings (SSSR count). The van der Waals surface area contributed by atoms with Crippen LogP contribution in [0.4, 0.5) is 0 Å². The molecule has 0 unspecified atom stereocenters. The van der Waals surface area contributed by atoms with Crippen LogP contribution in [0.25, 0.3) is 0 Å². The maximum Gasteiger partial charge on any atom is 0.0451 e. The minimum Gasteiger partial charge on any atom is -0.308 e. The molecule has 0 aliphatic carbocycles. The van der Waals surface area contributed by atoms with Gasteiger partial charge in [0.2, 0.25) is 0 Å². The molecule has 0 radical (unpaired) electrons. The van der Waals surface area contributed by atoms with Gasteiger partial charge in [-0.2, -0.15) is 0 Å². The maximum absolute atomic E-state index is 3.34. The summed E-state index contributed by atoms with van der Waals surface area (Å²) in [7, 11) is 1.97. The molecule has 2 heteroatoms. The molecule has 0 aromatic rings. The predicted molar refractivity (Wildman–Crippen MR) is 64.5 cm³/mol. The van der Waals surface area contributed by atoms with Gasteiger partial charge in [0.25, 0.3) is 0 Å². The van der Waals surface area contributed by atoms with E-state index in [1.54, 1.807) is 0 Å². The summed E-state index contributed by atoms with van der Waals surface area (Å²) in [5, 5.41) is 6.42. The average Bonchev–Trinajstić information content (AvgIpc) is 2.21. The van der Waals surface area contributed by atoms with Crippen LogP contribution in [0, 0.1) is 0 Å². The van der Waals surface area contributed by atoms with Gasteiger partial charge in [-0.05, 0) is 20.0 Å².